The van der Waals surface area contributed by atoms with E-state index in [1.165, 1.54) is 0 Å². The molecular weight excluding hydrogens is 350 g/mol. The summed E-state index contributed by atoms with van der Waals surface area (Å²) in [5.74, 6) is 0.670. The van der Waals surface area contributed by atoms with Gasteiger partial charge in [-0.2, -0.15) is 5.10 Å². The summed E-state index contributed by atoms with van der Waals surface area (Å²) in [6.07, 6.45) is 1.01. The van der Waals surface area contributed by atoms with E-state index in [4.69, 9.17) is 16.3 Å². The van der Waals surface area contributed by atoms with E-state index in [1.54, 1.807) is 19.2 Å². The molecule has 5 nitrogen and oxygen atoms in total. The van der Waals surface area contributed by atoms with Crippen LogP contribution < -0.4 is 10.1 Å². The molecule has 0 saturated carbocycles. The lowest BCUT2D eigenvalue weighted by molar-refractivity contribution is -0.115. The van der Waals surface area contributed by atoms with Crippen LogP contribution in [0, 0.1) is 0 Å². The number of aromatic amines is 1. The van der Waals surface area contributed by atoms with Crippen molar-refractivity contribution in [1.82, 2.24) is 10.2 Å². The number of hydrogen-bond acceptors (Lipinski definition) is 3. The highest BCUT2D eigenvalue weighted by molar-refractivity contribution is 6.30. The number of carbonyl (C=O) groups excluding carboxylic acids is 1. The monoisotopic (exact) mass is 369 g/mol. The smallest absolute Gasteiger partial charge is 0.228 e. The summed E-state index contributed by atoms with van der Waals surface area (Å²) in [4.78, 5) is 12.5. The highest BCUT2D eigenvalue weighted by Gasteiger charge is 2.16. The summed E-state index contributed by atoms with van der Waals surface area (Å²) in [7, 11) is 1.62. The van der Waals surface area contributed by atoms with Crippen molar-refractivity contribution in [1.29, 1.82) is 0 Å². The first-order valence-corrected chi connectivity index (χ1v) is 8.74. The van der Waals surface area contributed by atoms with Crippen molar-refractivity contribution >= 4 is 23.2 Å². The number of benzene rings is 2. The fraction of sp³-hybridized carbons (Fsp3) is 0.200. The van der Waals surface area contributed by atoms with Crippen LogP contribution in [-0.2, 0) is 17.6 Å². The first kappa shape index (κ1) is 18.0. The van der Waals surface area contributed by atoms with Crippen molar-refractivity contribution in [3.05, 3.63) is 64.8 Å². The van der Waals surface area contributed by atoms with Crippen LogP contribution in [0.4, 0.5) is 5.69 Å². The molecule has 0 aliphatic heterocycles. The van der Waals surface area contributed by atoms with Gasteiger partial charge < -0.3 is 10.1 Å². The zero-order valence-corrected chi connectivity index (χ0v) is 15.4. The van der Waals surface area contributed by atoms with Gasteiger partial charge in [-0.15, -0.1) is 0 Å². The van der Waals surface area contributed by atoms with Gasteiger partial charge in [0.05, 0.1) is 24.9 Å². The fourth-order valence-electron chi connectivity index (χ4n) is 2.70. The maximum Gasteiger partial charge on any atom is 0.228 e. The van der Waals surface area contributed by atoms with Crippen LogP contribution in [0.3, 0.4) is 0 Å². The molecule has 0 bridgehead atoms. The number of carbonyl (C=O) groups is 1. The molecule has 0 saturated heterocycles. The van der Waals surface area contributed by atoms with Gasteiger partial charge in [0.15, 0.2) is 0 Å². The first-order valence-electron chi connectivity index (χ1n) is 8.36. The van der Waals surface area contributed by atoms with E-state index in [2.05, 4.69) is 15.5 Å². The predicted molar refractivity (Wildman–Crippen MR) is 104 cm³/mol. The van der Waals surface area contributed by atoms with Gasteiger partial charge in [-0.3, -0.25) is 9.89 Å². The number of amides is 1. The molecule has 1 amide bonds. The van der Waals surface area contributed by atoms with E-state index < -0.39 is 0 Å². The molecule has 3 aromatic rings. The quantitative estimate of drug-likeness (QED) is 0.673. The summed E-state index contributed by atoms with van der Waals surface area (Å²) < 4.78 is 5.14. The largest absolute Gasteiger partial charge is 0.497 e. The van der Waals surface area contributed by atoms with E-state index >= 15 is 0 Å². The summed E-state index contributed by atoms with van der Waals surface area (Å²) in [6.45, 7) is 2.01. The number of anilines is 1. The number of aryl methyl sites for hydroxylation is 1. The number of nitrogens with one attached hydrogen (secondary N) is 2. The molecule has 0 aliphatic rings. The number of hydrogen-bond donors (Lipinski definition) is 2. The third-order valence-electron chi connectivity index (χ3n) is 4.10. The Bertz CT molecular complexity index is 886. The lowest BCUT2D eigenvalue weighted by Crippen LogP contribution is -2.15. The Hall–Kier alpha value is -2.79. The molecule has 0 unspecified atom stereocenters. The zero-order chi connectivity index (χ0) is 18.5. The van der Waals surface area contributed by atoms with Crippen LogP contribution in [-0.4, -0.2) is 23.2 Å². The number of ether oxygens (including phenoxy) is 1. The van der Waals surface area contributed by atoms with Crippen molar-refractivity contribution in [2.24, 2.45) is 0 Å². The van der Waals surface area contributed by atoms with Crippen LogP contribution in [0.2, 0.25) is 5.02 Å². The van der Waals surface area contributed by atoms with Crippen LogP contribution >= 0.6 is 11.6 Å². The Morgan fingerprint density at radius 2 is 1.85 bits per heavy atom. The first-order chi connectivity index (χ1) is 12.6. The second-order valence-electron chi connectivity index (χ2n) is 5.86. The minimum atomic E-state index is -0.0959. The van der Waals surface area contributed by atoms with Gasteiger partial charge in [-0.1, -0.05) is 42.8 Å². The van der Waals surface area contributed by atoms with Gasteiger partial charge in [0.25, 0.3) is 0 Å². The van der Waals surface area contributed by atoms with Crippen LogP contribution in [0.25, 0.3) is 11.3 Å². The number of H-pyrrole nitrogens is 1. The van der Waals surface area contributed by atoms with E-state index in [1.807, 2.05) is 43.3 Å². The molecule has 2 N–H and O–H groups in total. The highest BCUT2D eigenvalue weighted by atomic mass is 35.5. The number of rotatable bonds is 6. The molecule has 2 aromatic carbocycles. The number of halogens is 1. The summed E-state index contributed by atoms with van der Waals surface area (Å²) in [6, 6.07) is 14.8. The maximum atomic E-state index is 12.5. The lowest BCUT2D eigenvalue weighted by atomic mass is 10.1. The third kappa shape index (κ3) is 4.06. The minimum absolute atomic E-state index is 0.0959. The maximum absolute atomic E-state index is 12.5. The molecule has 0 spiro atoms. The van der Waals surface area contributed by atoms with Crippen LogP contribution in [0.1, 0.15) is 18.2 Å². The summed E-state index contributed by atoms with van der Waals surface area (Å²) in [5.41, 5.74) is 4.12. The van der Waals surface area contributed by atoms with Gasteiger partial charge in [0.1, 0.15) is 11.4 Å². The molecular formula is C20H20ClN3O2. The van der Waals surface area contributed by atoms with Gasteiger partial charge in [0.2, 0.25) is 5.91 Å². The average molecular weight is 370 g/mol. The number of methoxy groups -OCH3 is 1. The Morgan fingerprint density at radius 3 is 2.46 bits per heavy atom. The topological polar surface area (TPSA) is 67.0 Å². The SMILES string of the molecule is CCc1[nH]nc(-c2ccc(Cl)cc2)c1NC(=O)Cc1ccc(OC)cc1. The second-order valence-corrected chi connectivity index (χ2v) is 6.30. The van der Waals surface area contributed by atoms with Crippen molar-refractivity contribution in [3.8, 4) is 17.0 Å². The fourth-order valence-corrected chi connectivity index (χ4v) is 2.82. The number of aromatic nitrogens is 2. The molecule has 0 radical (unpaired) electrons. The summed E-state index contributed by atoms with van der Waals surface area (Å²) in [5, 5.41) is 11.0. The Morgan fingerprint density at radius 1 is 1.15 bits per heavy atom. The predicted octanol–water partition coefficient (Wildman–Crippen LogP) is 4.48. The molecule has 1 heterocycles. The van der Waals surface area contributed by atoms with Gasteiger partial charge in [-0.05, 0) is 36.2 Å². The lowest BCUT2D eigenvalue weighted by Gasteiger charge is -2.09. The molecule has 3 rings (SSSR count). The van der Waals surface area contributed by atoms with Crippen LogP contribution in [0.5, 0.6) is 5.75 Å². The molecule has 1 aromatic heterocycles. The van der Waals surface area contributed by atoms with Gasteiger partial charge in [-0.25, -0.2) is 0 Å². The van der Waals surface area contributed by atoms with E-state index in [0.29, 0.717) is 16.4 Å². The molecule has 26 heavy (non-hydrogen) atoms. The van der Waals surface area contributed by atoms with Gasteiger partial charge in [0, 0.05) is 10.6 Å². The highest BCUT2D eigenvalue weighted by Crippen LogP contribution is 2.30. The molecule has 134 valence electrons. The molecule has 0 aliphatic carbocycles. The van der Waals surface area contributed by atoms with Crippen molar-refractivity contribution < 1.29 is 9.53 Å². The van der Waals surface area contributed by atoms with E-state index in [-0.39, 0.29) is 12.3 Å². The van der Waals surface area contributed by atoms with E-state index in [0.717, 1.165) is 29.0 Å². The number of nitrogens with zero attached hydrogens (tertiary/aromatic N) is 1. The Labute approximate surface area is 157 Å². The normalized spacial score (nSPS) is 10.6. The standard InChI is InChI=1S/C20H20ClN3O2/c1-3-17-20(19(24-23-17)14-6-8-15(21)9-7-14)22-18(25)12-13-4-10-16(26-2)11-5-13/h4-11H,3,12H2,1-2H3,(H,22,25)(H,23,24). The zero-order valence-electron chi connectivity index (χ0n) is 14.7. The average Bonchev–Trinajstić information content (AvgIpc) is 3.05. The molecule has 6 heteroatoms. The van der Waals surface area contributed by atoms with Gasteiger partial charge >= 0.3 is 0 Å². The molecule has 0 atom stereocenters. The van der Waals surface area contributed by atoms with Crippen molar-refractivity contribution in [2.45, 2.75) is 19.8 Å². The minimum Gasteiger partial charge on any atom is -0.497 e. The second kappa shape index (κ2) is 8.06. The Kier molecular flexibility index (Phi) is 5.58. The molecule has 0 fully saturated rings. The Balaban J connectivity index is 1.80. The van der Waals surface area contributed by atoms with Crippen LogP contribution in [0.15, 0.2) is 48.5 Å². The third-order valence-corrected chi connectivity index (χ3v) is 4.35. The summed E-state index contributed by atoms with van der Waals surface area (Å²) >= 11 is 5.96. The van der Waals surface area contributed by atoms with Crippen molar-refractivity contribution in [2.75, 3.05) is 12.4 Å². The van der Waals surface area contributed by atoms with E-state index in [9.17, 15) is 4.79 Å². The van der Waals surface area contributed by atoms with Crippen molar-refractivity contribution in [3.63, 3.8) is 0 Å².